The Balaban J connectivity index is 1.72. The lowest BCUT2D eigenvalue weighted by Crippen LogP contribution is -2.18. The van der Waals surface area contributed by atoms with Gasteiger partial charge in [0.05, 0.1) is 10.2 Å². The van der Waals surface area contributed by atoms with Gasteiger partial charge in [0, 0.05) is 17.3 Å². The molecule has 0 saturated carbocycles. The van der Waals surface area contributed by atoms with Crippen LogP contribution in [-0.2, 0) is 6.54 Å². The van der Waals surface area contributed by atoms with E-state index in [2.05, 4.69) is 21.3 Å². The predicted octanol–water partition coefficient (Wildman–Crippen LogP) is 6.27. The highest BCUT2D eigenvalue weighted by atomic mass is 35.5. The maximum atomic E-state index is 13.1. The van der Waals surface area contributed by atoms with Crippen LogP contribution in [0.25, 0.3) is 10.2 Å². The normalized spacial score (nSPS) is 11.1. The number of carbonyl (C=O) groups is 1. The van der Waals surface area contributed by atoms with Crippen molar-refractivity contribution in [2.75, 3.05) is 5.32 Å². The number of hydrogen-bond acceptors (Lipinski definition) is 2. The lowest BCUT2D eigenvalue weighted by atomic mass is 10.1. The Bertz CT molecular complexity index is 1100. The number of nitrogens with zero attached hydrogens (tertiary/aromatic N) is 1. The van der Waals surface area contributed by atoms with Gasteiger partial charge in [-0.3, -0.25) is 4.79 Å². The average Bonchev–Trinajstić information content (AvgIpc) is 3.23. The van der Waals surface area contributed by atoms with E-state index in [1.807, 2.05) is 62.4 Å². The van der Waals surface area contributed by atoms with Crippen molar-refractivity contribution in [3.8, 4) is 0 Å². The Kier molecular flexibility index (Phi) is 4.77. The van der Waals surface area contributed by atoms with Gasteiger partial charge in [0.1, 0.15) is 5.69 Å². The molecule has 2 heterocycles. The predicted molar refractivity (Wildman–Crippen MR) is 114 cm³/mol. The summed E-state index contributed by atoms with van der Waals surface area (Å²) in [5, 5.41) is 5.86. The van der Waals surface area contributed by atoms with Crippen molar-refractivity contribution < 1.29 is 4.79 Å². The first-order valence-corrected chi connectivity index (χ1v) is 9.97. The van der Waals surface area contributed by atoms with E-state index in [9.17, 15) is 4.79 Å². The number of fused-ring (bicyclic) bond motifs is 1. The summed E-state index contributed by atoms with van der Waals surface area (Å²) < 4.78 is 3.17. The summed E-state index contributed by atoms with van der Waals surface area (Å²) in [6, 6.07) is 17.8. The number of para-hydroxylation sites is 1. The Morgan fingerprint density at radius 3 is 2.48 bits per heavy atom. The smallest absolute Gasteiger partial charge is 0.272 e. The van der Waals surface area contributed by atoms with Crippen LogP contribution < -0.4 is 5.32 Å². The highest BCUT2D eigenvalue weighted by Gasteiger charge is 2.18. The van der Waals surface area contributed by atoms with Crippen molar-refractivity contribution in [3.63, 3.8) is 0 Å². The Morgan fingerprint density at radius 1 is 1.07 bits per heavy atom. The van der Waals surface area contributed by atoms with Crippen LogP contribution >= 0.6 is 22.9 Å². The molecule has 0 spiro atoms. The van der Waals surface area contributed by atoms with Gasteiger partial charge in [-0.2, -0.15) is 0 Å². The highest BCUT2D eigenvalue weighted by Crippen LogP contribution is 2.28. The minimum Gasteiger partial charge on any atom is -0.331 e. The average molecular weight is 395 g/mol. The summed E-state index contributed by atoms with van der Waals surface area (Å²) in [6.45, 7) is 4.63. The molecule has 4 aromatic rings. The first-order valence-electron chi connectivity index (χ1n) is 8.71. The van der Waals surface area contributed by atoms with E-state index >= 15 is 0 Å². The van der Waals surface area contributed by atoms with Crippen LogP contribution in [0, 0.1) is 13.8 Å². The molecule has 0 unspecified atom stereocenters. The molecule has 2 aromatic heterocycles. The second-order valence-corrected chi connectivity index (χ2v) is 8.02. The van der Waals surface area contributed by atoms with E-state index in [1.165, 1.54) is 0 Å². The molecule has 0 aliphatic heterocycles. The van der Waals surface area contributed by atoms with Crippen LogP contribution in [0.1, 0.15) is 27.2 Å². The molecule has 0 fully saturated rings. The van der Waals surface area contributed by atoms with E-state index in [0.717, 1.165) is 32.6 Å². The fourth-order valence-corrected chi connectivity index (χ4v) is 4.25. The number of hydrogen-bond donors (Lipinski definition) is 1. The summed E-state index contributed by atoms with van der Waals surface area (Å²) in [6.07, 6.45) is 0. The van der Waals surface area contributed by atoms with Gasteiger partial charge >= 0.3 is 0 Å². The second-order valence-electron chi connectivity index (χ2n) is 6.63. The van der Waals surface area contributed by atoms with Gasteiger partial charge in [0.2, 0.25) is 0 Å². The number of benzene rings is 2. The molecule has 1 amide bonds. The minimum atomic E-state index is -0.0928. The molecule has 2 aromatic carbocycles. The number of anilines is 1. The van der Waals surface area contributed by atoms with Crippen molar-refractivity contribution in [2.45, 2.75) is 20.4 Å². The first kappa shape index (κ1) is 17.8. The molecule has 0 bridgehead atoms. The van der Waals surface area contributed by atoms with Crippen LogP contribution in [0.3, 0.4) is 0 Å². The van der Waals surface area contributed by atoms with Gasteiger partial charge in [-0.1, -0.05) is 41.9 Å². The van der Waals surface area contributed by atoms with Crippen molar-refractivity contribution in [1.82, 2.24) is 4.57 Å². The fourth-order valence-electron chi connectivity index (χ4n) is 3.30. The molecule has 1 N–H and O–H groups in total. The summed E-state index contributed by atoms with van der Waals surface area (Å²) in [7, 11) is 0. The van der Waals surface area contributed by atoms with Gasteiger partial charge in [0.15, 0.2) is 0 Å². The first-order chi connectivity index (χ1) is 13.0. The summed E-state index contributed by atoms with van der Waals surface area (Å²) >= 11 is 7.65. The fraction of sp³-hybridized carbons (Fsp3) is 0.136. The molecule has 0 aliphatic rings. The third-order valence-electron chi connectivity index (χ3n) is 4.73. The van der Waals surface area contributed by atoms with E-state index in [0.29, 0.717) is 17.3 Å². The zero-order valence-corrected chi connectivity index (χ0v) is 16.7. The zero-order valence-electron chi connectivity index (χ0n) is 15.1. The maximum Gasteiger partial charge on any atom is 0.272 e. The number of amides is 1. The molecular formula is C22H19ClN2OS. The number of carbonyl (C=O) groups excluding carboxylic acids is 1. The number of rotatable bonds is 4. The quantitative estimate of drug-likeness (QED) is 0.434. The Hall–Kier alpha value is -2.56. The van der Waals surface area contributed by atoms with Crippen LogP contribution in [0.5, 0.6) is 0 Å². The lowest BCUT2D eigenvalue weighted by molar-refractivity contribution is 0.101. The monoisotopic (exact) mass is 394 g/mol. The second kappa shape index (κ2) is 7.22. The molecule has 5 heteroatoms. The van der Waals surface area contributed by atoms with Crippen LogP contribution in [0.15, 0.2) is 60.0 Å². The number of aromatic nitrogens is 1. The molecule has 0 radical (unpaired) electrons. The molecular weight excluding hydrogens is 376 g/mol. The molecule has 0 saturated heterocycles. The molecule has 27 heavy (non-hydrogen) atoms. The van der Waals surface area contributed by atoms with Gasteiger partial charge in [-0.25, -0.2) is 0 Å². The van der Waals surface area contributed by atoms with E-state index in [-0.39, 0.29) is 5.91 Å². The molecule has 4 rings (SSSR count). The summed E-state index contributed by atoms with van der Waals surface area (Å²) in [4.78, 5) is 13.1. The minimum absolute atomic E-state index is 0.0928. The third-order valence-corrected chi connectivity index (χ3v) is 5.83. The number of aryl methyl sites for hydroxylation is 2. The number of thiophene rings is 1. The zero-order chi connectivity index (χ0) is 19.0. The van der Waals surface area contributed by atoms with E-state index < -0.39 is 0 Å². The Morgan fingerprint density at radius 2 is 1.78 bits per heavy atom. The summed E-state index contributed by atoms with van der Waals surface area (Å²) in [5.74, 6) is -0.0928. The number of nitrogens with one attached hydrogen (secondary N) is 1. The lowest BCUT2D eigenvalue weighted by Gasteiger charge is -2.14. The van der Waals surface area contributed by atoms with Crippen LogP contribution in [0.4, 0.5) is 5.69 Å². The standard InChI is InChI=1S/C22H19ClN2OS/c1-14-4-3-5-15(2)21(14)24-22(26)19-12-20-18(10-11-27-20)25(19)13-16-6-8-17(23)9-7-16/h3-12H,13H2,1-2H3,(H,24,26). The maximum absolute atomic E-state index is 13.1. The molecule has 0 aliphatic carbocycles. The third kappa shape index (κ3) is 3.51. The van der Waals surface area contributed by atoms with Crippen molar-refractivity contribution in [1.29, 1.82) is 0 Å². The van der Waals surface area contributed by atoms with Crippen molar-refractivity contribution in [2.24, 2.45) is 0 Å². The largest absolute Gasteiger partial charge is 0.331 e. The topological polar surface area (TPSA) is 34.0 Å². The van der Waals surface area contributed by atoms with Crippen molar-refractivity contribution >= 4 is 44.7 Å². The highest BCUT2D eigenvalue weighted by molar-refractivity contribution is 7.17. The molecule has 3 nitrogen and oxygen atoms in total. The number of halogens is 1. The van der Waals surface area contributed by atoms with Crippen molar-refractivity contribution in [3.05, 3.63) is 87.4 Å². The molecule has 0 atom stereocenters. The SMILES string of the molecule is Cc1cccc(C)c1NC(=O)c1cc2sccc2n1Cc1ccc(Cl)cc1. The van der Waals surface area contributed by atoms with Gasteiger partial charge in [-0.05, 0) is 60.2 Å². The van der Waals surface area contributed by atoms with Gasteiger partial charge in [-0.15, -0.1) is 11.3 Å². The van der Waals surface area contributed by atoms with E-state index in [1.54, 1.807) is 11.3 Å². The molecule has 136 valence electrons. The van der Waals surface area contributed by atoms with Gasteiger partial charge < -0.3 is 9.88 Å². The summed E-state index contributed by atoms with van der Waals surface area (Å²) in [5.41, 5.74) is 5.83. The van der Waals surface area contributed by atoms with Crippen LogP contribution in [-0.4, -0.2) is 10.5 Å². The Labute approximate surface area is 167 Å². The van der Waals surface area contributed by atoms with E-state index in [4.69, 9.17) is 11.6 Å². The van der Waals surface area contributed by atoms with Gasteiger partial charge in [0.25, 0.3) is 5.91 Å². The van der Waals surface area contributed by atoms with Crippen LogP contribution in [0.2, 0.25) is 5.02 Å².